The summed E-state index contributed by atoms with van der Waals surface area (Å²) in [6.45, 7) is 0.338. The Hall–Kier alpha value is -2.72. The van der Waals surface area contributed by atoms with Crippen LogP contribution in [0.4, 0.5) is 4.39 Å². The normalized spacial score (nSPS) is 17.5. The molecule has 1 aromatic heterocycles. The van der Waals surface area contributed by atoms with Crippen LogP contribution in [0.2, 0.25) is 0 Å². The predicted molar refractivity (Wildman–Crippen MR) is 114 cm³/mol. The number of hydrogen-bond donors (Lipinski definition) is 0. The van der Waals surface area contributed by atoms with Gasteiger partial charge in [0.1, 0.15) is 5.82 Å². The molecule has 4 rings (SSSR count). The molecule has 0 aliphatic carbocycles. The number of thioether (sulfide) groups is 1. The maximum absolute atomic E-state index is 13.1. The fourth-order valence-corrected chi connectivity index (χ4v) is 5.79. The first-order chi connectivity index (χ1) is 14.9. The number of halogens is 1. The third kappa shape index (κ3) is 5.50. The van der Waals surface area contributed by atoms with E-state index in [9.17, 15) is 17.6 Å². The van der Waals surface area contributed by atoms with Gasteiger partial charge in [-0.1, -0.05) is 42.1 Å². The average Bonchev–Trinajstić information content (AvgIpc) is 3.38. The molecule has 2 heterocycles. The minimum absolute atomic E-state index is 0.0223. The van der Waals surface area contributed by atoms with Crippen LogP contribution in [-0.2, 0) is 21.2 Å². The van der Waals surface area contributed by atoms with Gasteiger partial charge in [0, 0.05) is 18.2 Å². The van der Waals surface area contributed by atoms with E-state index in [1.165, 1.54) is 24.3 Å². The molecule has 0 saturated carbocycles. The number of amides is 1. The SMILES string of the molecule is O=C(CSc1nnc(-c2ccc(F)cc2)o1)N(Cc1ccccc1)C1CCS(=O)(=O)C1. The first-order valence-corrected chi connectivity index (χ1v) is 12.5. The van der Waals surface area contributed by atoms with E-state index in [0.717, 1.165) is 17.3 Å². The van der Waals surface area contributed by atoms with E-state index in [4.69, 9.17) is 4.42 Å². The first-order valence-electron chi connectivity index (χ1n) is 9.66. The van der Waals surface area contributed by atoms with Gasteiger partial charge in [-0.3, -0.25) is 4.79 Å². The third-order valence-electron chi connectivity index (χ3n) is 4.98. The molecule has 1 fully saturated rings. The number of rotatable bonds is 7. The summed E-state index contributed by atoms with van der Waals surface area (Å²) in [5.41, 5.74) is 1.51. The van der Waals surface area contributed by atoms with Crippen molar-refractivity contribution in [2.24, 2.45) is 0 Å². The van der Waals surface area contributed by atoms with Crippen LogP contribution in [0.1, 0.15) is 12.0 Å². The molecule has 1 aliphatic heterocycles. The van der Waals surface area contributed by atoms with Gasteiger partial charge in [0.05, 0.1) is 17.3 Å². The Balaban J connectivity index is 1.44. The molecule has 31 heavy (non-hydrogen) atoms. The van der Waals surface area contributed by atoms with Crippen LogP contribution in [0.25, 0.3) is 11.5 Å². The average molecular weight is 462 g/mol. The zero-order valence-corrected chi connectivity index (χ0v) is 18.1. The predicted octanol–water partition coefficient (Wildman–Crippen LogP) is 3.18. The highest BCUT2D eigenvalue weighted by molar-refractivity contribution is 7.99. The van der Waals surface area contributed by atoms with Gasteiger partial charge in [0.2, 0.25) is 11.8 Å². The van der Waals surface area contributed by atoms with Crippen LogP contribution < -0.4 is 0 Å². The molecule has 1 amide bonds. The Morgan fingerprint density at radius 3 is 2.55 bits per heavy atom. The molecular formula is C21H20FN3O4S2. The highest BCUT2D eigenvalue weighted by atomic mass is 32.2. The molecule has 1 atom stereocenters. The lowest BCUT2D eigenvalue weighted by Crippen LogP contribution is -2.41. The van der Waals surface area contributed by atoms with Gasteiger partial charge in [0.15, 0.2) is 9.84 Å². The molecule has 162 valence electrons. The van der Waals surface area contributed by atoms with Gasteiger partial charge in [0.25, 0.3) is 5.22 Å². The van der Waals surface area contributed by atoms with Crippen LogP contribution >= 0.6 is 11.8 Å². The summed E-state index contributed by atoms with van der Waals surface area (Å²) in [5, 5.41) is 8.09. The van der Waals surface area contributed by atoms with Gasteiger partial charge in [-0.05, 0) is 36.2 Å². The second kappa shape index (κ2) is 9.19. The Morgan fingerprint density at radius 2 is 1.87 bits per heavy atom. The van der Waals surface area contributed by atoms with Crippen LogP contribution in [0.3, 0.4) is 0 Å². The Morgan fingerprint density at radius 1 is 1.13 bits per heavy atom. The Bertz CT molecular complexity index is 1150. The lowest BCUT2D eigenvalue weighted by Gasteiger charge is -2.28. The highest BCUT2D eigenvalue weighted by Crippen LogP contribution is 2.25. The maximum Gasteiger partial charge on any atom is 0.277 e. The van der Waals surface area contributed by atoms with Crippen molar-refractivity contribution in [3.05, 3.63) is 66.0 Å². The number of benzene rings is 2. The molecule has 0 spiro atoms. The van der Waals surface area contributed by atoms with Crippen LogP contribution in [0.5, 0.6) is 0 Å². The molecule has 1 aliphatic rings. The van der Waals surface area contributed by atoms with Crippen molar-refractivity contribution in [3.8, 4) is 11.5 Å². The van der Waals surface area contributed by atoms with Crippen molar-refractivity contribution >= 4 is 27.5 Å². The highest BCUT2D eigenvalue weighted by Gasteiger charge is 2.34. The number of sulfone groups is 1. The molecule has 10 heteroatoms. The molecule has 0 N–H and O–H groups in total. The van der Waals surface area contributed by atoms with E-state index in [1.54, 1.807) is 4.90 Å². The summed E-state index contributed by atoms with van der Waals surface area (Å²) in [4.78, 5) is 14.6. The molecule has 3 aromatic rings. The second-order valence-electron chi connectivity index (χ2n) is 7.23. The topological polar surface area (TPSA) is 93.4 Å². The van der Waals surface area contributed by atoms with Gasteiger partial charge in [-0.2, -0.15) is 0 Å². The first kappa shape index (κ1) is 21.5. The minimum atomic E-state index is -3.13. The molecule has 7 nitrogen and oxygen atoms in total. The van der Waals surface area contributed by atoms with Gasteiger partial charge in [-0.15, -0.1) is 10.2 Å². The summed E-state index contributed by atoms with van der Waals surface area (Å²) in [7, 11) is -3.13. The van der Waals surface area contributed by atoms with Crippen molar-refractivity contribution < 1.29 is 22.0 Å². The Kier molecular flexibility index (Phi) is 6.38. The third-order valence-corrected chi connectivity index (χ3v) is 7.54. The molecule has 1 saturated heterocycles. The van der Waals surface area contributed by atoms with Crippen molar-refractivity contribution in [2.75, 3.05) is 17.3 Å². The van der Waals surface area contributed by atoms with Crippen molar-refractivity contribution in [3.63, 3.8) is 0 Å². The van der Waals surface area contributed by atoms with Gasteiger partial charge >= 0.3 is 0 Å². The van der Waals surface area contributed by atoms with Crippen molar-refractivity contribution in [1.29, 1.82) is 0 Å². The molecular weight excluding hydrogens is 441 g/mol. The van der Waals surface area contributed by atoms with Gasteiger partial charge in [-0.25, -0.2) is 12.8 Å². The lowest BCUT2D eigenvalue weighted by molar-refractivity contribution is -0.130. The van der Waals surface area contributed by atoms with E-state index >= 15 is 0 Å². The Labute approximate surface area is 183 Å². The van der Waals surface area contributed by atoms with Crippen molar-refractivity contribution in [2.45, 2.75) is 24.2 Å². The van der Waals surface area contributed by atoms with E-state index in [1.807, 2.05) is 30.3 Å². The maximum atomic E-state index is 13.1. The van der Waals surface area contributed by atoms with E-state index in [-0.39, 0.29) is 46.1 Å². The summed E-state index contributed by atoms with van der Waals surface area (Å²) in [5.74, 6) is -0.222. The fourth-order valence-electron chi connectivity index (χ4n) is 3.41. The number of carbonyl (C=O) groups excluding carboxylic acids is 1. The quantitative estimate of drug-likeness (QED) is 0.499. The van der Waals surface area contributed by atoms with Crippen LogP contribution in [0, 0.1) is 5.82 Å². The molecule has 1 unspecified atom stereocenters. The zero-order valence-electron chi connectivity index (χ0n) is 16.5. The summed E-state index contributed by atoms with van der Waals surface area (Å²) in [6, 6.07) is 14.8. The monoisotopic (exact) mass is 461 g/mol. The smallest absolute Gasteiger partial charge is 0.277 e. The zero-order chi connectivity index (χ0) is 21.8. The number of hydrogen-bond acceptors (Lipinski definition) is 7. The molecule has 2 aromatic carbocycles. The molecule has 0 radical (unpaired) electrons. The number of aromatic nitrogens is 2. The van der Waals surface area contributed by atoms with Crippen LogP contribution in [-0.4, -0.2) is 52.7 Å². The summed E-state index contributed by atoms with van der Waals surface area (Å²) >= 11 is 1.09. The number of nitrogens with zero attached hydrogens (tertiary/aromatic N) is 3. The molecule has 0 bridgehead atoms. The minimum Gasteiger partial charge on any atom is -0.411 e. The summed E-state index contributed by atoms with van der Waals surface area (Å²) < 4.78 is 42.6. The summed E-state index contributed by atoms with van der Waals surface area (Å²) in [6.07, 6.45) is 0.431. The van der Waals surface area contributed by atoms with Crippen molar-refractivity contribution in [1.82, 2.24) is 15.1 Å². The van der Waals surface area contributed by atoms with Crippen LogP contribution in [0.15, 0.2) is 64.2 Å². The lowest BCUT2D eigenvalue weighted by atomic mass is 10.1. The van der Waals surface area contributed by atoms with E-state index in [2.05, 4.69) is 10.2 Å². The largest absolute Gasteiger partial charge is 0.411 e. The van der Waals surface area contributed by atoms with E-state index in [0.29, 0.717) is 18.5 Å². The van der Waals surface area contributed by atoms with Gasteiger partial charge < -0.3 is 9.32 Å². The second-order valence-corrected chi connectivity index (χ2v) is 10.4. The number of carbonyl (C=O) groups is 1. The fraction of sp³-hybridized carbons (Fsp3) is 0.286. The standard InChI is InChI=1S/C21H20FN3O4S2/c22-17-8-6-16(7-9-17)20-23-24-21(29-20)30-13-19(26)25(12-15-4-2-1-3-5-15)18-10-11-31(27,28)14-18/h1-9,18H,10-14H2. The van der Waals surface area contributed by atoms with E-state index < -0.39 is 9.84 Å².